The first kappa shape index (κ1) is 14.1. The summed E-state index contributed by atoms with van der Waals surface area (Å²) in [6, 6.07) is 1.82. The minimum atomic E-state index is 0.244. The predicted molar refractivity (Wildman–Crippen MR) is 78.2 cm³/mol. The van der Waals surface area contributed by atoms with E-state index >= 15 is 0 Å². The molecular formula is C14H19BrClNO. The van der Waals surface area contributed by atoms with Gasteiger partial charge in [0, 0.05) is 6.20 Å². The molecule has 1 aliphatic rings. The van der Waals surface area contributed by atoms with Gasteiger partial charge in [-0.15, -0.1) is 0 Å². The highest BCUT2D eigenvalue weighted by molar-refractivity contribution is 9.10. The van der Waals surface area contributed by atoms with E-state index in [-0.39, 0.29) is 6.10 Å². The van der Waals surface area contributed by atoms with E-state index in [4.69, 9.17) is 16.3 Å². The maximum atomic E-state index is 6.03. The highest BCUT2D eigenvalue weighted by Crippen LogP contribution is 2.40. The third kappa shape index (κ3) is 3.61. The van der Waals surface area contributed by atoms with E-state index in [0.29, 0.717) is 22.2 Å². The fourth-order valence-corrected chi connectivity index (χ4v) is 3.73. The molecule has 0 aromatic carbocycles. The number of rotatable bonds is 2. The summed E-state index contributed by atoms with van der Waals surface area (Å²) in [4.78, 5) is 4.24. The van der Waals surface area contributed by atoms with Crippen LogP contribution in [-0.4, -0.2) is 11.1 Å². The molecule has 2 atom stereocenters. The van der Waals surface area contributed by atoms with E-state index in [0.717, 1.165) is 17.3 Å². The lowest BCUT2D eigenvalue weighted by molar-refractivity contribution is 0.0527. The van der Waals surface area contributed by atoms with Gasteiger partial charge in [0.15, 0.2) is 0 Å². The molecule has 2 nitrogen and oxygen atoms in total. The number of aromatic nitrogens is 1. The first-order chi connectivity index (χ1) is 8.35. The molecule has 1 aromatic rings. The Bertz CT molecular complexity index is 436. The van der Waals surface area contributed by atoms with Crippen molar-refractivity contribution in [2.75, 3.05) is 0 Å². The van der Waals surface area contributed by atoms with Gasteiger partial charge in [0.05, 0.1) is 9.50 Å². The summed E-state index contributed by atoms with van der Waals surface area (Å²) in [5.41, 5.74) is 0.348. The van der Waals surface area contributed by atoms with Crippen LogP contribution in [0.3, 0.4) is 0 Å². The molecule has 1 fully saturated rings. The Labute approximate surface area is 122 Å². The minimum absolute atomic E-state index is 0.244. The molecule has 0 spiro atoms. The van der Waals surface area contributed by atoms with E-state index < -0.39 is 0 Å². The molecule has 18 heavy (non-hydrogen) atoms. The van der Waals surface area contributed by atoms with Crippen molar-refractivity contribution in [1.29, 1.82) is 0 Å². The summed E-state index contributed by atoms with van der Waals surface area (Å²) < 4.78 is 6.86. The minimum Gasteiger partial charge on any atom is -0.474 e. The fraction of sp³-hybridized carbons (Fsp3) is 0.643. The zero-order valence-electron chi connectivity index (χ0n) is 11.0. The molecule has 0 amide bonds. The highest BCUT2D eigenvalue weighted by Gasteiger charge is 2.33. The molecular weight excluding hydrogens is 314 g/mol. The average molecular weight is 333 g/mol. The van der Waals surface area contributed by atoms with Crippen LogP contribution in [0.4, 0.5) is 0 Å². The Morgan fingerprint density at radius 3 is 2.78 bits per heavy atom. The van der Waals surface area contributed by atoms with Gasteiger partial charge >= 0.3 is 0 Å². The largest absolute Gasteiger partial charge is 0.474 e. The lowest BCUT2D eigenvalue weighted by Gasteiger charge is -2.38. The highest BCUT2D eigenvalue weighted by atomic mass is 79.9. The van der Waals surface area contributed by atoms with Crippen molar-refractivity contribution >= 4 is 27.5 Å². The Hall–Kier alpha value is -0.280. The van der Waals surface area contributed by atoms with Gasteiger partial charge in [-0.05, 0) is 52.6 Å². The van der Waals surface area contributed by atoms with Crippen molar-refractivity contribution in [3.63, 3.8) is 0 Å². The molecule has 1 aromatic heterocycles. The third-order valence-corrected chi connectivity index (χ3v) is 4.17. The monoisotopic (exact) mass is 331 g/mol. The van der Waals surface area contributed by atoms with Gasteiger partial charge < -0.3 is 4.74 Å². The van der Waals surface area contributed by atoms with E-state index in [1.54, 1.807) is 6.20 Å². The van der Waals surface area contributed by atoms with Crippen molar-refractivity contribution < 1.29 is 4.74 Å². The van der Waals surface area contributed by atoms with Crippen LogP contribution in [0.15, 0.2) is 16.7 Å². The van der Waals surface area contributed by atoms with Crippen LogP contribution in [0.5, 0.6) is 5.88 Å². The SMILES string of the molecule is CC1CC(Oc2ncc(Cl)cc2Br)CC(C)(C)C1. The van der Waals surface area contributed by atoms with Crippen LogP contribution in [-0.2, 0) is 0 Å². The molecule has 100 valence electrons. The summed E-state index contributed by atoms with van der Waals surface area (Å²) in [5, 5.41) is 0.617. The van der Waals surface area contributed by atoms with Gasteiger partial charge in [-0.25, -0.2) is 4.98 Å². The van der Waals surface area contributed by atoms with E-state index in [9.17, 15) is 0 Å². The standard InChI is InChI=1S/C14H19BrClNO/c1-9-4-11(7-14(2,3)6-9)18-13-12(15)5-10(16)8-17-13/h5,8-9,11H,4,6-7H2,1-3H3. The molecule has 0 N–H and O–H groups in total. The zero-order valence-corrected chi connectivity index (χ0v) is 13.4. The summed E-state index contributed by atoms with van der Waals surface area (Å²) in [6.45, 7) is 6.91. The van der Waals surface area contributed by atoms with Gasteiger partial charge in [-0.3, -0.25) is 0 Å². The Kier molecular flexibility index (Phi) is 4.22. The quantitative estimate of drug-likeness (QED) is 0.752. The Morgan fingerprint density at radius 1 is 1.44 bits per heavy atom. The van der Waals surface area contributed by atoms with Gasteiger partial charge in [-0.1, -0.05) is 32.4 Å². The van der Waals surface area contributed by atoms with Crippen molar-refractivity contribution in [3.05, 3.63) is 21.8 Å². The second-order valence-electron chi connectivity index (χ2n) is 6.09. The van der Waals surface area contributed by atoms with Crippen LogP contribution in [0.25, 0.3) is 0 Å². The van der Waals surface area contributed by atoms with E-state index in [1.807, 2.05) is 6.07 Å². The third-order valence-electron chi connectivity index (χ3n) is 3.40. The molecule has 0 saturated heterocycles. The zero-order chi connectivity index (χ0) is 13.3. The molecule has 0 radical (unpaired) electrons. The van der Waals surface area contributed by atoms with Gasteiger partial charge in [0.25, 0.3) is 0 Å². The molecule has 2 unspecified atom stereocenters. The smallest absolute Gasteiger partial charge is 0.228 e. The van der Waals surface area contributed by atoms with E-state index in [2.05, 4.69) is 41.7 Å². The Morgan fingerprint density at radius 2 is 2.17 bits per heavy atom. The van der Waals surface area contributed by atoms with Crippen LogP contribution >= 0.6 is 27.5 Å². The average Bonchev–Trinajstić information content (AvgIpc) is 2.19. The van der Waals surface area contributed by atoms with Gasteiger partial charge in [0.2, 0.25) is 5.88 Å². The topological polar surface area (TPSA) is 22.1 Å². The van der Waals surface area contributed by atoms with Crippen molar-refractivity contribution in [2.45, 2.75) is 46.1 Å². The first-order valence-electron chi connectivity index (χ1n) is 6.33. The number of nitrogens with zero attached hydrogens (tertiary/aromatic N) is 1. The Balaban J connectivity index is 2.09. The number of hydrogen-bond acceptors (Lipinski definition) is 2. The predicted octanol–water partition coefficient (Wildman–Crippen LogP) is 5.09. The molecule has 1 heterocycles. The second kappa shape index (κ2) is 5.38. The molecule has 4 heteroatoms. The van der Waals surface area contributed by atoms with Crippen molar-refractivity contribution in [1.82, 2.24) is 4.98 Å². The molecule has 1 aliphatic carbocycles. The summed E-state index contributed by atoms with van der Waals surface area (Å²) in [7, 11) is 0. The van der Waals surface area contributed by atoms with Gasteiger partial charge in [0.1, 0.15) is 6.10 Å². The van der Waals surface area contributed by atoms with Crippen LogP contribution in [0.2, 0.25) is 5.02 Å². The molecule has 0 aliphatic heterocycles. The lowest BCUT2D eigenvalue weighted by Crippen LogP contribution is -2.34. The molecule has 0 bridgehead atoms. The summed E-state index contributed by atoms with van der Waals surface area (Å²) in [5.74, 6) is 1.35. The van der Waals surface area contributed by atoms with Crippen molar-refractivity contribution in [2.24, 2.45) is 11.3 Å². The first-order valence-corrected chi connectivity index (χ1v) is 7.50. The molecule has 2 rings (SSSR count). The number of halogens is 2. The second-order valence-corrected chi connectivity index (χ2v) is 7.38. The van der Waals surface area contributed by atoms with E-state index in [1.165, 1.54) is 6.42 Å². The molecule has 1 saturated carbocycles. The summed E-state index contributed by atoms with van der Waals surface area (Å²) >= 11 is 9.33. The van der Waals surface area contributed by atoms with Gasteiger partial charge in [-0.2, -0.15) is 0 Å². The summed E-state index contributed by atoms with van der Waals surface area (Å²) in [6.07, 6.45) is 5.31. The number of pyridine rings is 1. The van der Waals surface area contributed by atoms with Crippen LogP contribution in [0.1, 0.15) is 40.0 Å². The maximum Gasteiger partial charge on any atom is 0.228 e. The van der Waals surface area contributed by atoms with Crippen molar-refractivity contribution in [3.8, 4) is 5.88 Å². The maximum absolute atomic E-state index is 6.03. The van der Waals surface area contributed by atoms with Crippen LogP contribution in [0, 0.1) is 11.3 Å². The normalized spacial score (nSPS) is 26.9. The fourth-order valence-electron chi connectivity index (χ4n) is 2.99. The lowest BCUT2D eigenvalue weighted by atomic mass is 9.71. The van der Waals surface area contributed by atoms with Crippen LogP contribution < -0.4 is 4.74 Å². The number of hydrogen-bond donors (Lipinski definition) is 0. The number of ether oxygens (including phenoxy) is 1.